The van der Waals surface area contributed by atoms with Gasteiger partial charge in [-0.1, -0.05) is 153 Å². The summed E-state index contributed by atoms with van der Waals surface area (Å²) >= 11 is 0. The van der Waals surface area contributed by atoms with Crippen LogP contribution in [0.3, 0.4) is 0 Å². The Labute approximate surface area is 651 Å². The van der Waals surface area contributed by atoms with Crippen molar-refractivity contribution in [1.82, 2.24) is 77.8 Å². The molecule has 5 aliphatic rings. The molecule has 5 fully saturated rings. The van der Waals surface area contributed by atoms with Crippen molar-refractivity contribution in [2.24, 2.45) is 5.92 Å². The smallest absolute Gasteiger partial charge is 0.308 e. The molecule has 9 aromatic heterocycles. The van der Waals surface area contributed by atoms with E-state index in [4.69, 9.17) is 46.9 Å². The zero-order chi connectivity index (χ0) is 75.9. The van der Waals surface area contributed by atoms with E-state index in [1.54, 1.807) is 12.4 Å². The van der Waals surface area contributed by atoms with Crippen LogP contribution < -0.4 is 17.2 Å². The summed E-state index contributed by atoms with van der Waals surface area (Å²) in [7, 11) is 2.21. The number of piperazine rings is 2. The number of aromatic nitrogens is 12. The minimum absolute atomic E-state index is 0.0254. The summed E-state index contributed by atoms with van der Waals surface area (Å²) in [6.07, 6.45) is 19.2. The Morgan fingerprint density at radius 2 is 0.893 bits per heavy atom. The Morgan fingerprint density at radius 1 is 0.455 bits per heavy atom. The summed E-state index contributed by atoms with van der Waals surface area (Å²) in [5.74, 6) is 4.42. The predicted octanol–water partition coefficient (Wildman–Crippen LogP) is 16.0. The molecule has 0 atom stereocenters. The number of benzene rings is 6. The van der Waals surface area contributed by atoms with Crippen LogP contribution in [0.4, 0.5) is 17.5 Å². The van der Waals surface area contributed by atoms with Crippen LogP contribution in [0.1, 0.15) is 94.7 Å². The van der Waals surface area contributed by atoms with Crippen molar-refractivity contribution in [2.75, 3.05) is 89.8 Å². The van der Waals surface area contributed by atoms with Crippen molar-refractivity contribution >= 4 is 78.2 Å². The van der Waals surface area contributed by atoms with Crippen LogP contribution in [-0.4, -0.2) is 168 Å². The molecule has 2 saturated heterocycles. The van der Waals surface area contributed by atoms with Gasteiger partial charge >= 0.3 is 5.97 Å². The third-order valence-electron chi connectivity index (χ3n) is 24.1. The van der Waals surface area contributed by atoms with Crippen molar-refractivity contribution < 1.29 is 9.53 Å². The SMILES string of the molecule is CCN1CCN(C2CC(c3nc(-c4ccc5ccc(-c6ccccc6)nc5c4)c4c(N)nccn34)C2)CC1.CCOC(=O)C1CCC(n2cc(-c3ccc4ccc(-c5ccccc5)nc4c3)c3c(N)ncnc32)CC1.CN1CCN(C2CC(c3nc(-c4ccc5ccc(-c6ccccc6)nc5c4)c4c(N)nccn34)C2)CC1. The van der Waals surface area contributed by atoms with Crippen molar-refractivity contribution in [3.05, 3.63) is 231 Å². The molecular weight excluding hydrogens is 1390 g/mol. The van der Waals surface area contributed by atoms with E-state index >= 15 is 0 Å². The first-order valence-corrected chi connectivity index (χ1v) is 39.7. The quantitative estimate of drug-likeness (QED) is 0.0856. The minimum atomic E-state index is -0.0795. The summed E-state index contributed by atoms with van der Waals surface area (Å²) in [6, 6.07) is 64.0. The zero-order valence-electron chi connectivity index (χ0n) is 63.7. The van der Waals surface area contributed by atoms with Crippen molar-refractivity contribution in [3.63, 3.8) is 0 Å². The largest absolute Gasteiger partial charge is 0.466 e. The lowest BCUT2D eigenvalue weighted by Gasteiger charge is -2.46. The molecule has 0 bridgehead atoms. The summed E-state index contributed by atoms with van der Waals surface area (Å²) in [4.78, 5) is 65.6. The lowest BCUT2D eigenvalue weighted by Crippen LogP contribution is -2.53. The number of nitrogens with two attached hydrogens (primary N) is 3. The van der Waals surface area contributed by atoms with Crippen LogP contribution >= 0.6 is 0 Å². The number of pyridine rings is 3. The first-order chi connectivity index (χ1) is 54.9. The van der Waals surface area contributed by atoms with Gasteiger partial charge in [-0.15, -0.1) is 0 Å². The zero-order valence-corrected chi connectivity index (χ0v) is 63.7. The number of nitrogens with zero attached hydrogens (tertiary/aromatic N) is 16. The molecule has 3 saturated carbocycles. The molecule has 564 valence electrons. The lowest BCUT2D eigenvalue weighted by molar-refractivity contribution is -0.149. The number of rotatable bonds is 14. The number of imidazole rings is 2. The Hall–Kier alpha value is -11.9. The van der Waals surface area contributed by atoms with E-state index in [1.807, 2.05) is 73.9 Å². The third-order valence-corrected chi connectivity index (χ3v) is 24.1. The topological polar surface area (TPSA) is 247 Å². The van der Waals surface area contributed by atoms with Gasteiger partial charge in [-0.05, 0) is 114 Å². The number of nitrogen functional groups attached to an aromatic ring is 3. The highest BCUT2D eigenvalue weighted by Gasteiger charge is 2.41. The first kappa shape index (κ1) is 71.7. The van der Waals surface area contributed by atoms with E-state index in [-0.39, 0.29) is 17.9 Å². The van der Waals surface area contributed by atoms with Gasteiger partial charge in [-0.25, -0.2) is 44.9 Å². The molecule has 21 heteroatoms. The number of carbonyl (C=O) groups excluding carboxylic acids is 1. The maximum absolute atomic E-state index is 12.2. The van der Waals surface area contributed by atoms with Crippen LogP contribution in [0.2, 0.25) is 0 Å². The fourth-order valence-corrected chi connectivity index (χ4v) is 17.6. The molecule has 112 heavy (non-hydrogen) atoms. The van der Waals surface area contributed by atoms with E-state index in [9.17, 15) is 4.79 Å². The van der Waals surface area contributed by atoms with Gasteiger partial charge in [-0.3, -0.25) is 23.4 Å². The Balaban J connectivity index is 0.000000117. The highest BCUT2D eigenvalue weighted by molar-refractivity contribution is 6.02. The fourth-order valence-electron chi connectivity index (χ4n) is 17.6. The van der Waals surface area contributed by atoms with Gasteiger partial charge in [0.1, 0.15) is 63.5 Å². The van der Waals surface area contributed by atoms with E-state index in [0.29, 0.717) is 48.0 Å². The number of fused-ring (bicyclic) bond motifs is 6. The predicted molar refractivity (Wildman–Crippen MR) is 447 cm³/mol. The number of esters is 1. The first-order valence-electron chi connectivity index (χ1n) is 39.7. The molecule has 20 rings (SSSR count). The summed E-state index contributed by atoms with van der Waals surface area (Å²) in [5, 5.41) is 4.14. The number of hydrogen-bond acceptors (Lipinski definition) is 18. The normalized spacial score (nSPS) is 19.8. The number of likely N-dealkylation sites (N-methyl/N-ethyl adjacent to an activating group) is 2. The van der Waals surface area contributed by atoms with Gasteiger partial charge in [0, 0.05) is 163 Å². The van der Waals surface area contributed by atoms with E-state index in [2.05, 4.69) is 200 Å². The number of carbonyl (C=O) groups is 1. The van der Waals surface area contributed by atoms with Gasteiger partial charge in [-0.2, -0.15) is 0 Å². The van der Waals surface area contributed by atoms with Gasteiger partial charge in [0.05, 0.1) is 51.5 Å². The Morgan fingerprint density at radius 3 is 1.35 bits per heavy atom. The van der Waals surface area contributed by atoms with Crippen LogP contribution in [-0.2, 0) is 9.53 Å². The molecule has 3 aliphatic carbocycles. The number of ether oxygens (including phenoxy) is 1. The van der Waals surface area contributed by atoms with Crippen LogP contribution in [0.25, 0.3) is 122 Å². The van der Waals surface area contributed by atoms with Gasteiger partial charge in [0.2, 0.25) is 0 Å². The van der Waals surface area contributed by atoms with Gasteiger partial charge in [0.25, 0.3) is 0 Å². The second kappa shape index (κ2) is 31.1. The second-order valence-corrected chi connectivity index (χ2v) is 30.7. The maximum atomic E-state index is 12.2. The molecule has 0 radical (unpaired) electrons. The molecule has 21 nitrogen and oxygen atoms in total. The molecule has 2 aliphatic heterocycles. The second-order valence-electron chi connectivity index (χ2n) is 30.7. The molecule has 0 amide bonds. The van der Waals surface area contributed by atoms with Crippen LogP contribution in [0.5, 0.6) is 0 Å². The molecule has 6 N–H and O–H groups in total. The highest BCUT2D eigenvalue weighted by Crippen LogP contribution is 2.46. The summed E-state index contributed by atoms with van der Waals surface area (Å²) < 4.78 is 11.8. The Bertz CT molecular complexity index is 5910. The van der Waals surface area contributed by atoms with Crippen LogP contribution in [0.15, 0.2) is 219 Å². The Kier molecular flexibility index (Phi) is 19.9. The van der Waals surface area contributed by atoms with E-state index < -0.39 is 0 Å². The molecule has 0 unspecified atom stereocenters. The standard InChI is InChI=1S/C31H33N7.C30H31N7.C30H29N5O2/c1-2-36-14-16-37(17-15-36)25-18-24(19-25)31-35-28(29-30(32)33-12-13-38(29)31)23-9-8-22-10-11-26(34-27(22)20-23)21-6-4-3-5-7-21;1-35-13-15-36(16-14-35)24-17-23(18-24)30-34-27(28-29(31)32-11-12-37(28)30)22-8-7-21-9-10-25(33-26(21)19-22)20-5-3-2-4-6-20;1-2-37-30(36)21-10-13-23(14-11-21)35-17-24(27-28(31)32-18-33-29(27)35)22-9-8-20-12-15-25(34-26(20)16-22)19-6-4-3-5-7-19/h3-13,20,24-25H,2,14-19H2,1H3,(H2,32,33);2-12,19,23-24H,13-18H2,1H3,(H2,31,32);3-9,12,15-18,21,23H,2,10-11,13-14H2,1H3,(H2,31,32,33). The van der Waals surface area contributed by atoms with E-state index in [1.165, 1.54) is 32.5 Å². The number of hydrogen-bond donors (Lipinski definition) is 3. The molecule has 11 heterocycles. The number of anilines is 3. The van der Waals surface area contributed by atoms with E-state index in [0.717, 1.165) is 218 Å². The fraction of sp³-hybridized carbons (Fsp3) is 0.297. The summed E-state index contributed by atoms with van der Waals surface area (Å²) in [5.41, 5.74) is 36.7. The average Bonchev–Trinajstić information content (AvgIpc) is 1.59. The summed E-state index contributed by atoms with van der Waals surface area (Å²) in [6.45, 7) is 15.0. The van der Waals surface area contributed by atoms with Crippen molar-refractivity contribution in [3.8, 4) is 67.4 Å². The lowest BCUT2D eigenvalue weighted by atomic mass is 9.78. The van der Waals surface area contributed by atoms with Gasteiger partial charge in [0.15, 0.2) is 0 Å². The van der Waals surface area contributed by atoms with Gasteiger partial charge < -0.3 is 36.3 Å². The van der Waals surface area contributed by atoms with Crippen molar-refractivity contribution in [2.45, 2.75) is 95.2 Å². The van der Waals surface area contributed by atoms with Crippen LogP contribution in [0, 0.1) is 5.92 Å². The monoisotopic (exact) mass is 1480 g/mol. The average molecular weight is 1480 g/mol. The molecular formula is C91H93N19O2. The highest BCUT2D eigenvalue weighted by atomic mass is 16.5. The maximum Gasteiger partial charge on any atom is 0.308 e. The minimum Gasteiger partial charge on any atom is -0.466 e. The van der Waals surface area contributed by atoms with Crippen molar-refractivity contribution in [1.29, 1.82) is 0 Å². The molecule has 6 aromatic carbocycles. The third kappa shape index (κ3) is 14.2. The molecule has 15 aromatic rings. The molecule has 0 spiro atoms.